The molecule has 3 N–H and O–H groups in total. The number of aromatic carboxylic acids is 1. The van der Waals surface area contributed by atoms with E-state index in [0.29, 0.717) is 13.2 Å². The summed E-state index contributed by atoms with van der Waals surface area (Å²) in [6.07, 6.45) is -0.438. The Kier molecular flexibility index (Phi) is 4.71. The third-order valence-electron chi connectivity index (χ3n) is 3.08. The van der Waals surface area contributed by atoms with Gasteiger partial charge in [-0.1, -0.05) is 0 Å². The highest BCUT2D eigenvalue weighted by Crippen LogP contribution is 2.16. The lowest BCUT2D eigenvalue weighted by Gasteiger charge is -2.32. The molecule has 0 saturated carbocycles. The molecular formula is C13H15FN2O5. The molecule has 0 aliphatic carbocycles. The summed E-state index contributed by atoms with van der Waals surface area (Å²) in [6.45, 7) is 0.705. The summed E-state index contributed by atoms with van der Waals surface area (Å²) < 4.78 is 18.5. The Morgan fingerprint density at radius 2 is 2.24 bits per heavy atom. The van der Waals surface area contributed by atoms with Crippen LogP contribution in [0.2, 0.25) is 0 Å². The molecule has 0 radical (unpaired) electrons. The van der Waals surface area contributed by atoms with Gasteiger partial charge in [-0.2, -0.15) is 0 Å². The van der Waals surface area contributed by atoms with Gasteiger partial charge in [-0.15, -0.1) is 0 Å². The van der Waals surface area contributed by atoms with Gasteiger partial charge in [-0.3, -0.25) is 0 Å². The number of nitrogens with one attached hydrogen (secondary N) is 1. The fourth-order valence-corrected chi connectivity index (χ4v) is 1.98. The number of carboxylic acid groups (broad SMARTS) is 1. The van der Waals surface area contributed by atoms with Crippen LogP contribution in [-0.2, 0) is 4.74 Å². The molecule has 1 heterocycles. The molecule has 1 unspecified atom stereocenters. The van der Waals surface area contributed by atoms with Crippen LogP contribution in [0.15, 0.2) is 18.2 Å². The molecule has 0 aromatic heterocycles. The van der Waals surface area contributed by atoms with Gasteiger partial charge >= 0.3 is 12.0 Å². The maximum absolute atomic E-state index is 13.3. The fourth-order valence-electron chi connectivity index (χ4n) is 1.98. The molecule has 1 aliphatic rings. The Morgan fingerprint density at radius 3 is 2.90 bits per heavy atom. The van der Waals surface area contributed by atoms with Gasteiger partial charge in [0.05, 0.1) is 31.4 Å². The van der Waals surface area contributed by atoms with Gasteiger partial charge in [0.1, 0.15) is 5.82 Å². The highest BCUT2D eigenvalue weighted by molar-refractivity contribution is 5.93. The standard InChI is InChI=1S/C13H15FN2O5/c14-11-2-1-8(5-10(11)12(18)19)15-13(20)16-3-4-21-9(6-16)7-17/h1-2,5,9,17H,3-4,6-7H2,(H,15,20)(H,18,19). The number of nitrogens with zero attached hydrogens (tertiary/aromatic N) is 1. The van der Waals surface area contributed by atoms with E-state index in [1.165, 1.54) is 11.0 Å². The number of benzene rings is 1. The highest BCUT2D eigenvalue weighted by atomic mass is 19.1. The Labute approximate surface area is 119 Å². The molecule has 21 heavy (non-hydrogen) atoms. The second-order valence-corrected chi connectivity index (χ2v) is 4.55. The first-order chi connectivity index (χ1) is 10.0. The van der Waals surface area contributed by atoms with Crippen molar-refractivity contribution in [3.8, 4) is 0 Å². The zero-order chi connectivity index (χ0) is 15.4. The van der Waals surface area contributed by atoms with E-state index in [2.05, 4.69) is 5.32 Å². The average molecular weight is 298 g/mol. The fraction of sp³-hybridized carbons (Fsp3) is 0.385. The molecule has 7 nitrogen and oxygen atoms in total. The molecule has 1 atom stereocenters. The first-order valence-corrected chi connectivity index (χ1v) is 6.32. The van der Waals surface area contributed by atoms with E-state index in [0.717, 1.165) is 12.1 Å². The zero-order valence-electron chi connectivity index (χ0n) is 11.1. The molecule has 2 amide bonds. The molecule has 1 aromatic carbocycles. The predicted molar refractivity (Wildman–Crippen MR) is 70.8 cm³/mol. The molecular weight excluding hydrogens is 283 g/mol. The van der Waals surface area contributed by atoms with Gasteiger partial charge in [-0.25, -0.2) is 14.0 Å². The summed E-state index contributed by atoms with van der Waals surface area (Å²) in [5.74, 6) is -2.28. The van der Waals surface area contributed by atoms with E-state index in [1.807, 2.05) is 0 Å². The smallest absolute Gasteiger partial charge is 0.338 e. The summed E-state index contributed by atoms with van der Waals surface area (Å²) >= 11 is 0. The average Bonchev–Trinajstić information content (AvgIpc) is 2.49. The Hall–Kier alpha value is -2.19. The van der Waals surface area contributed by atoms with Gasteiger partial charge in [0, 0.05) is 12.2 Å². The lowest BCUT2D eigenvalue weighted by atomic mass is 10.2. The van der Waals surface area contributed by atoms with Crippen LogP contribution in [0, 0.1) is 5.82 Å². The molecule has 0 bridgehead atoms. The number of ether oxygens (including phenoxy) is 1. The molecule has 1 saturated heterocycles. The quantitative estimate of drug-likeness (QED) is 0.764. The van der Waals surface area contributed by atoms with E-state index in [-0.39, 0.29) is 18.8 Å². The first kappa shape index (κ1) is 15.2. The molecule has 2 rings (SSSR count). The van der Waals surface area contributed by atoms with Crippen LogP contribution in [0.4, 0.5) is 14.9 Å². The first-order valence-electron chi connectivity index (χ1n) is 6.32. The number of aliphatic hydroxyl groups is 1. The summed E-state index contributed by atoms with van der Waals surface area (Å²) in [5, 5.41) is 20.3. The van der Waals surface area contributed by atoms with Crippen molar-refractivity contribution in [1.29, 1.82) is 0 Å². The number of carboxylic acids is 1. The van der Waals surface area contributed by atoms with Crippen molar-refractivity contribution in [1.82, 2.24) is 4.90 Å². The van der Waals surface area contributed by atoms with E-state index < -0.39 is 29.5 Å². The van der Waals surface area contributed by atoms with Crippen molar-refractivity contribution in [3.63, 3.8) is 0 Å². The third-order valence-corrected chi connectivity index (χ3v) is 3.08. The number of carbonyl (C=O) groups excluding carboxylic acids is 1. The second kappa shape index (κ2) is 6.51. The van der Waals surface area contributed by atoms with Crippen molar-refractivity contribution >= 4 is 17.7 Å². The van der Waals surface area contributed by atoms with Crippen molar-refractivity contribution < 1.29 is 28.9 Å². The normalized spacial score (nSPS) is 18.4. The maximum atomic E-state index is 13.3. The monoisotopic (exact) mass is 298 g/mol. The second-order valence-electron chi connectivity index (χ2n) is 4.55. The summed E-state index contributed by atoms with van der Waals surface area (Å²) in [4.78, 5) is 24.3. The van der Waals surface area contributed by atoms with E-state index in [4.69, 9.17) is 14.9 Å². The topological polar surface area (TPSA) is 99.1 Å². The minimum absolute atomic E-state index is 0.186. The number of anilines is 1. The van der Waals surface area contributed by atoms with Crippen LogP contribution in [0.3, 0.4) is 0 Å². The number of urea groups is 1. The zero-order valence-corrected chi connectivity index (χ0v) is 11.1. The van der Waals surface area contributed by atoms with E-state index in [9.17, 15) is 14.0 Å². The molecule has 8 heteroatoms. The number of halogens is 1. The van der Waals surface area contributed by atoms with E-state index >= 15 is 0 Å². The minimum Gasteiger partial charge on any atom is -0.478 e. The molecule has 114 valence electrons. The van der Waals surface area contributed by atoms with Crippen LogP contribution in [0.25, 0.3) is 0 Å². The van der Waals surface area contributed by atoms with Crippen molar-refractivity contribution in [2.75, 3.05) is 31.6 Å². The van der Waals surface area contributed by atoms with Gasteiger partial charge in [0.25, 0.3) is 0 Å². The third kappa shape index (κ3) is 3.67. The van der Waals surface area contributed by atoms with Crippen molar-refractivity contribution in [2.45, 2.75) is 6.10 Å². The number of amides is 2. The number of hydrogen-bond acceptors (Lipinski definition) is 4. The Balaban J connectivity index is 2.05. The number of aliphatic hydroxyl groups excluding tert-OH is 1. The van der Waals surface area contributed by atoms with Gasteiger partial charge in [-0.05, 0) is 18.2 Å². The van der Waals surface area contributed by atoms with Gasteiger partial charge < -0.3 is 25.2 Å². The number of rotatable bonds is 3. The van der Waals surface area contributed by atoms with Gasteiger partial charge in [0.15, 0.2) is 0 Å². The van der Waals surface area contributed by atoms with Crippen LogP contribution in [-0.4, -0.2) is 59.5 Å². The Bertz CT molecular complexity index is 551. The lowest BCUT2D eigenvalue weighted by molar-refractivity contribution is -0.0388. The van der Waals surface area contributed by atoms with Crippen LogP contribution in [0.5, 0.6) is 0 Å². The van der Waals surface area contributed by atoms with Crippen LogP contribution in [0.1, 0.15) is 10.4 Å². The lowest BCUT2D eigenvalue weighted by Crippen LogP contribution is -2.48. The SMILES string of the molecule is O=C(O)c1cc(NC(=O)N2CCOC(CO)C2)ccc1F. The number of carbonyl (C=O) groups is 2. The minimum atomic E-state index is -1.41. The Morgan fingerprint density at radius 1 is 1.48 bits per heavy atom. The van der Waals surface area contributed by atoms with Crippen molar-refractivity contribution in [2.24, 2.45) is 0 Å². The molecule has 0 spiro atoms. The van der Waals surface area contributed by atoms with Crippen molar-refractivity contribution in [3.05, 3.63) is 29.6 Å². The highest BCUT2D eigenvalue weighted by Gasteiger charge is 2.24. The van der Waals surface area contributed by atoms with Crippen LogP contribution < -0.4 is 5.32 Å². The molecule has 1 aromatic rings. The molecule has 1 aliphatic heterocycles. The predicted octanol–water partition coefficient (Wildman–Crippen LogP) is 0.749. The number of morpholine rings is 1. The van der Waals surface area contributed by atoms with Gasteiger partial charge in [0.2, 0.25) is 0 Å². The summed E-state index contributed by atoms with van der Waals surface area (Å²) in [5.41, 5.74) is -0.325. The largest absolute Gasteiger partial charge is 0.478 e. The maximum Gasteiger partial charge on any atom is 0.338 e. The molecule has 1 fully saturated rings. The number of hydrogen-bond donors (Lipinski definition) is 3. The van der Waals surface area contributed by atoms with E-state index in [1.54, 1.807) is 0 Å². The summed E-state index contributed by atoms with van der Waals surface area (Å²) in [7, 11) is 0. The summed E-state index contributed by atoms with van der Waals surface area (Å²) in [6, 6.07) is 2.86. The van der Waals surface area contributed by atoms with Crippen LogP contribution >= 0.6 is 0 Å².